The summed E-state index contributed by atoms with van der Waals surface area (Å²) in [6, 6.07) is 74.7. The van der Waals surface area contributed by atoms with Crippen molar-refractivity contribution in [1.82, 2.24) is 4.57 Å². The summed E-state index contributed by atoms with van der Waals surface area (Å²) in [5.41, 5.74) is 17.9. The quantitative estimate of drug-likeness (QED) is 0.155. The summed E-state index contributed by atoms with van der Waals surface area (Å²) < 4.78 is 2.43. The van der Waals surface area contributed by atoms with Crippen LogP contribution in [0.1, 0.15) is 79.0 Å². The number of aromatic nitrogens is 1. The van der Waals surface area contributed by atoms with Crippen molar-refractivity contribution < 1.29 is 0 Å². The molecule has 326 valence electrons. The maximum atomic E-state index is 2.54. The summed E-state index contributed by atoms with van der Waals surface area (Å²) in [5, 5.41) is 4.94. The van der Waals surface area contributed by atoms with Gasteiger partial charge in [-0.05, 0) is 108 Å². The van der Waals surface area contributed by atoms with E-state index in [0.717, 1.165) is 28.3 Å². The lowest BCUT2D eigenvalue weighted by Gasteiger charge is -2.32. The predicted octanol–water partition coefficient (Wildman–Crippen LogP) is 18.3. The molecular formula is C64H60N2. The first kappa shape index (κ1) is 42.8. The normalized spacial score (nSPS) is 12.3. The Morgan fingerprint density at radius 3 is 1.61 bits per heavy atom. The molecule has 0 saturated heterocycles. The molecule has 0 amide bonds. The third-order valence-electron chi connectivity index (χ3n) is 13.4. The molecule has 10 rings (SSSR count). The van der Waals surface area contributed by atoms with Gasteiger partial charge < -0.3 is 9.47 Å². The Bertz CT molecular complexity index is 3370. The Hall–Kier alpha value is -7.16. The fourth-order valence-corrected chi connectivity index (χ4v) is 9.76. The van der Waals surface area contributed by atoms with Gasteiger partial charge in [0.25, 0.3) is 0 Å². The van der Waals surface area contributed by atoms with E-state index in [2.05, 4.69) is 272 Å². The van der Waals surface area contributed by atoms with Crippen molar-refractivity contribution in [3.05, 3.63) is 217 Å². The molecule has 2 heteroatoms. The van der Waals surface area contributed by atoms with Gasteiger partial charge in [0.2, 0.25) is 0 Å². The van der Waals surface area contributed by atoms with Gasteiger partial charge in [-0.15, -0.1) is 0 Å². The molecule has 1 aromatic heterocycles. The number of anilines is 3. The molecule has 9 aromatic carbocycles. The van der Waals surface area contributed by atoms with E-state index in [-0.39, 0.29) is 16.2 Å². The largest absolute Gasteiger partial charge is 0.309 e. The molecule has 0 aliphatic heterocycles. The van der Waals surface area contributed by atoms with E-state index in [1.165, 1.54) is 77.1 Å². The van der Waals surface area contributed by atoms with Crippen LogP contribution >= 0.6 is 0 Å². The minimum atomic E-state index is -0.0864. The number of fused-ring (bicyclic) bond motifs is 4. The Labute approximate surface area is 391 Å². The van der Waals surface area contributed by atoms with Crippen LogP contribution in [0.3, 0.4) is 0 Å². The van der Waals surface area contributed by atoms with Crippen LogP contribution in [-0.4, -0.2) is 4.57 Å². The van der Waals surface area contributed by atoms with Crippen molar-refractivity contribution in [3.63, 3.8) is 0 Å². The molecule has 0 unspecified atom stereocenters. The van der Waals surface area contributed by atoms with Crippen LogP contribution in [-0.2, 0) is 16.2 Å². The molecule has 2 nitrogen and oxygen atoms in total. The number of nitrogens with zero attached hydrogens (tertiary/aromatic N) is 2. The first-order valence-corrected chi connectivity index (χ1v) is 23.5. The fraction of sp³-hybridized carbons (Fsp3) is 0.188. The molecule has 0 aliphatic rings. The molecule has 0 N–H and O–H groups in total. The average molecular weight is 857 g/mol. The van der Waals surface area contributed by atoms with E-state index >= 15 is 0 Å². The minimum absolute atomic E-state index is 0.0120. The molecule has 0 saturated carbocycles. The highest BCUT2D eigenvalue weighted by Gasteiger charge is 2.27. The number of hydrogen-bond donors (Lipinski definition) is 0. The molecule has 0 radical (unpaired) electrons. The van der Waals surface area contributed by atoms with Gasteiger partial charge in [0, 0.05) is 33.3 Å². The fourth-order valence-electron chi connectivity index (χ4n) is 9.76. The average Bonchev–Trinajstić information content (AvgIpc) is 3.64. The number of benzene rings is 9. The zero-order valence-electron chi connectivity index (χ0n) is 39.9. The molecule has 0 fully saturated rings. The smallest absolute Gasteiger partial charge is 0.0561 e. The maximum Gasteiger partial charge on any atom is 0.0561 e. The molecular weight excluding hydrogens is 797 g/mol. The van der Waals surface area contributed by atoms with Gasteiger partial charge in [-0.25, -0.2) is 0 Å². The standard InChI is InChI=1S/C64H60N2/c1-62(2,3)46-34-36-51(43-22-12-10-13-23-43)59(41-46)66(50-35-37-55-53-28-16-18-32-57(53)65(60(55)42-50)49-26-14-11-15-27-49)58-33-19-17-29-54(58)56-31-21-25-44-24-20-30-52(61(44)56)45-38-47(63(4,5)6)40-48(39-45)64(7,8)9/h10-42H,1-9H3. The van der Waals surface area contributed by atoms with Crippen molar-refractivity contribution in [1.29, 1.82) is 0 Å². The Morgan fingerprint density at radius 1 is 0.348 bits per heavy atom. The SMILES string of the molecule is CC(C)(C)c1cc(-c2cccc3cccc(-c4ccccc4N(c4ccc5c6ccccc6n(-c6ccccc6)c5c4)c4cc(C(C)(C)C)ccc4-c4ccccc4)c23)cc(C(C)(C)C)c1. The van der Waals surface area contributed by atoms with Crippen molar-refractivity contribution in [2.75, 3.05) is 4.90 Å². The van der Waals surface area contributed by atoms with E-state index < -0.39 is 0 Å². The summed E-state index contributed by atoms with van der Waals surface area (Å²) in [6.07, 6.45) is 0. The van der Waals surface area contributed by atoms with E-state index in [1.807, 2.05) is 0 Å². The second-order valence-corrected chi connectivity index (χ2v) is 21.1. The summed E-state index contributed by atoms with van der Waals surface area (Å²) in [6.45, 7) is 20.9. The predicted molar refractivity (Wildman–Crippen MR) is 285 cm³/mol. The zero-order chi connectivity index (χ0) is 46.0. The summed E-state index contributed by atoms with van der Waals surface area (Å²) >= 11 is 0. The van der Waals surface area contributed by atoms with Gasteiger partial charge in [0.1, 0.15) is 0 Å². The Morgan fingerprint density at radius 2 is 0.924 bits per heavy atom. The minimum Gasteiger partial charge on any atom is -0.309 e. The summed E-state index contributed by atoms with van der Waals surface area (Å²) in [7, 11) is 0. The first-order valence-electron chi connectivity index (χ1n) is 23.5. The van der Waals surface area contributed by atoms with Crippen molar-refractivity contribution in [2.24, 2.45) is 0 Å². The van der Waals surface area contributed by atoms with Crippen LogP contribution in [0.2, 0.25) is 0 Å². The Kier molecular flexibility index (Phi) is 10.6. The van der Waals surface area contributed by atoms with Crippen LogP contribution in [0, 0.1) is 0 Å². The van der Waals surface area contributed by atoms with E-state index in [0.29, 0.717) is 0 Å². The van der Waals surface area contributed by atoms with Crippen molar-refractivity contribution in [3.8, 4) is 39.1 Å². The lowest BCUT2D eigenvalue weighted by Crippen LogP contribution is -2.16. The lowest BCUT2D eigenvalue weighted by molar-refractivity contribution is 0.569. The maximum absolute atomic E-state index is 2.54. The molecule has 1 heterocycles. The molecule has 66 heavy (non-hydrogen) atoms. The Balaban J connectivity index is 1.30. The van der Waals surface area contributed by atoms with Crippen molar-refractivity contribution in [2.45, 2.75) is 78.6 Å². The van der Waals surface area contributed by atoms with Crippen molar-refractivity contribution >= 4 is 49.6 Å². The van der Waals surface area contributed by atoms with Gasteiger partial charge in [-0.1, -0.05) is 220 Å². The highest BCUT2D eigenvalue weighted by atomic mass is 15.2. The van der Waals surface area contributed by atoms with Gasteiger partial charge >= 0.3 is 0 Å². The van der Waals surface area contributed by atoms with E-state index in [1.54, 1.807) is 0 Å². The molecule has 0 atom stereocenters. The lowest BCUT2D eigenvalue weighted by atomic mass is 9.78. The van der Waals surface area contributed by atoms with E-state index in [4.69, 9.17) is 0 Å². The monoisotopic (exact) mass is 856 g/mol. The topological polar surface area (TPSA) is 8.17 Å². The van der Waals surface area contributed by atoms with Crippen LogP contribution in [0.5, 0.6) is 0 Å². The second-order valence-electron chi connectivity index (χ2n) is 21.1. The number of para-hydroxylation sites is 3. The van der Waals surface area contributed by atoms with Crippen LogP contribution in [0.25, 0.3) is 71.6 Å². The highest BCUT2D eigenvalue weighted by Crippen LogP contribution is 2.49. The van der Waals surface area contributed by atoms with Crippen LogP contribution in [0.15, 0.2) is 200 Å². The number of rotatable bonds is 7. The van der Waals surface area contributed by atoms with Gasteiger partial charge in [0.05, 0.1) is 22.4 Å². The zero-order valence-corrected chi connectivity index (χ0v) is 39.9. The van der Waals surface area contributed by atoms with Gasteiger partial charge in [0.15, 0.2) is 0 Å². The molecule has 0 bridgehead atoms. The van der Waals surface area contributed by atoms with Crippen LogP contribution < -0.4 is 4.90 Å². The summed E-state index contributed by atoms with van der Waals surface area (Å²) in [4.78, 5) is 2.54. The molecule has 10 aromatic rings. The second kappa shape index (κ2) is 16.4. The van der Waals surface area contributed by atoms with Gasteiger partial charge in [-0.2, -0.15) is 0 Å². The highest BCUT2D eigenvalue weighted by molar-refractivity contribution is 6.12. The summed E-state index contributed by atoms with van der Waals surface area (Å²) in [5.74, 6) is 0. The van der Waals surface area contributed by atoms with E-state index in [9.17, 15) is 0 Å². The van der Waals surface area contributed by atoms with Gasteiger partial charge in [-0.3, -0.25) is 0 Å². The third kappa shape index (κ3) is 7.79. The molecule has 0 spiro atoms. The van der Waals surface area contributed by atoms with Crippen LogP contribution in [0.4, 0.5) is 17.1 Å². The number of hydrogen-bond acceptors (Lipinski definition) is 1. The first-order chi connectivity index (χ1) is 31.6. The molecule has 0 aliphatic carbocycles. The third-order valence-corrected chi connectivity index (χ3v) is 13.4.